The van der Waals surface area contributed by atoms with Gasteiger partial charge in [0.05, 0.1) is 0 Å². The molecule has 104 valence electrons. The molecule has 2 aliphatic heterocycles. The van der Waals surface area contributed by atoms with E-state index in [4.69, 9.17) is 0 Å². The number of nitrogens with one attached hydrogen (secondary N) is 1. The molecule has 3 rings (SSSR count). The summed E-state index contributed by atoms with van der Waals surface area (Å²) in [4.78, 5) is 2.85. The van der Waals surface area contributed by atoms with Crippen LogP contribution in [0.1, 0.15) is 57.8 Å². The summed E-state index contributed by atoms with van der Waals surface area (Å²) >= 11 is 0. The lowest BCUT2D eigenvalue weighted by molar-refractivity contribution is 0.109. The summed E-state index contributed by atoms with van der Waals surface area (Å²) in [5.74, 6) is 2.09. The lowest BCUT2D eigenvalue weighted by Gasteiger charge is -2.38. The molecule has 18 heavy (non-hydrogen) atoms. The van der Waals surface area contributed by atoms with Gasteiger partial charge in [-0.2, -0.15) is 0 Å². The maximum Gasteiger partial charge on any atom is 0.0123 e. The van der Waals surface area contributed by atoms with Gasteiger partial charge in [-0.15, -0.1) is 0 Å². The van der Waals surface area contributed by atoms with E-state index in [0.29, 0.717) is 0 Å². The molecule has 0 bridgehead atoms. The fourth-order valence-corrected chi connectivity index (χ4v) is 4.59. The van der Waals surface area contributed by atoms with Crippen LogP contribution in [0.4, 0.5) is 0 Å². The number of hydrogen-bond acceptors (Lipinski definition) is 2. The second kappa shape index (κ2) is 6.38. The van der Waals surface area contributed by atoms with E-state index in [0.717, 1.165) is 17.9 Å². The Balaban J connectivity index is 1.39. The molecule has 2 heteroatoms. The first kappa shape index (κ1) is 12.9. The lowest BCUT2D eigenvalue weighted by Crippen LogP contribution is -2.43. The van der Waals surface area contributed by atoms with Crippen LogP contribution >= 0.6 is 0 Å². The average Bonchev–Trinajstić information content (AvgIpc) is 2.89. The number of rotatable bonds is 4. The first-order valence-electron chi connectivity index (χ1n) is 8.38. The van der Waals surface area contributed by atoms with Crippen molar-refractivity contribution in [2.45, 2.75) is 63.8 Å². The van der Waals surface area contributed by atoms with E-state index in [1.807, 2.05) is 0 Å². The molecular weight excluding hydrogens is 220 g/mol. The van der Waals surface area contributed by atoms with E-state index in [1.54, 1.807) is 0 Å². The SMILES string of the molecule is C1CC2CCCN(CCCC3CCNCC3)C2C1. The van der Waals surface area contributed by atoms with Gasteiger partial charge in [0.1, 0.15) is 0 Å². The zero-order valence-electron chi connectivity index (χ0n) is 11.9. The van der Waals surface area contributed by atoms with Gasteiger partial charge >= 0.3 is 0 Å². The predicted molar refractivity (Wildman–Crippen MR) is 76.8 cm³/mol. The number of hydrogen-bond donors (Lipinski definition) is 1. The van der Waals surface area contributed by atoms with E-state index >= 15 is 0 Å². The Morgan fingerprint density at radius 2 is 1.78 bits per heavy atom. The van der Waals surface area contributed by atoms with Crippen LogP contribution in [-0.2, 0) is 0 Å². The van der Waals surface area contributed by atoms with E-state index in [-0.39, 0.29) is 0 Å². The topological polar surface area (TPSA) is 15.3 Å². The molecule has 2 unspecified atom stereocenters. The Morgan fingerprint density at radius 3 is 2.67 bits per heavy atom. The van der Waals surface area contributed by atoms with Crippen LogP contribution in [0.15, 0.2) is 0 Å². The van der Waals surface area contributed by atoms with Crippen LogP contribution in [0.3, 0.4) is 0 Å². The van der Waals surface area contributed by atoms with Crippen molar-refractivity contribution >= 4 is 0 Å². The summed E-state index contributed by atoms with van der Waals surface area (Å²) in [5.41, 5.74) is 0. The summed E-state index contributed by atoms with van der Waals surface area (Å²) in [5, 5.41) is 3.47. The number of fused-ring (bicyclic) bond motifs is 1. The van der Waals surface area contributed by atoms with Crippen molar-refractivity contribution < 1.29 is 0 Å². The van der Waals surface area contributed by atoms with Crippen LogP contribution in [-0.4, -0.2) is 37.1 Å². The van der Waals surface area contributed by atoms with Gasteiger partial charge < -0.3 is 10.2 Å². The van der Waals surface area contributed by atoms with Gasteiger partial charge in [0.25, 0.3) is 0 Å². The molecule has 2 saturated heterocycles. The molecule has 1 aliphatic carbocycles. The third-order valence-corrected chi connectivity index (χ3v) is 5.62. The van der Waals surface area contributed by atoms with Gasteiger partial charge in [-0.3, -0.25) is 0 Å². The largest absolute Gasteiger partial charge is 0.317 e. The Bertz CT molecular complexity index is 247. The van der Waals surface area contributed by atoms with Crippen LogP contribution < -0.4 is 5.32 Å². The van der Waals surface area contributed by atoms with Gasteiger partial charge in [0.2, 0.25) is 0 Å². The summed E-state index contributed by atoms with van der Waals surface area (Å²) in [6.07, 6.45) is 13.3. The third-order valence-electron chi connectivity index (χ3n) is 5.62. The normalized spacial score (nSPS) is 34.7. The molecule has 3 aliphatic rings. The molecule has 2 nitrogen and oxygen atoms in total. The molecular formula is C16H30N2. The summed E-state index contributed by atoms with van der Waals surface area (Å²) < 4.78 is 0. The predicted octanol–water partition coefficient (Wildman–Crippen LogP) is 3.03. The molecule has 0 radical (unpaired) electrons. The Kier molecular flexibility index (Phi) is 4.58. The molecule has 1 saturated carbocycles. The van der Waals surface area contributed by atoms with E-state index < -0.39 is 0 Å². The fraction of sp³-hybridized carbons (Fsp3) is 1.00. The van der Waals surface area contributed by atoms with Gasteiger partial charge in [-0.1, -0.05) is 6.42 Å². The summed E-state index contributed by atoms with van der Waals surface area (Å²) in [7, 11) is 0. The molecule has 0 spiro atoms. The highest BCUT2D eigenvalue weighted by Crippen LogP contribution is 2.36. The average molecular weight is 250 g/mol. The van der Waals surface area contributed by atoms with E-state index in [2.05, 4.69) is 10.2 Å². The Morgan fingerprint density at radius 1 is 0.944 bits per heavy atom. The monoisotopic (exact) mass is 250 g/mol. The van der Waals surface area contributed by atoms with Crippen LogP contribution in [0.25, 0.3) is 0 Å². The lowest BCUT2D eigenvalue weighted by atomic mass is 9.90. The standard InChI is InChI=1S/C16H30N2/c1-5-15-6-3-13-18(16(15)7-1)12-2-4-14-8-10-17-11-9-14/h14-17H,1-13H2. The molecule has 0 aromatic rings. The minimum atomic E-state index is 0.978. The molecule has 0 aromatic carbocycles. The zero-order chi connectivity index (χ0) is 12.2. The molecule has 1 N–H and O–H groups in total. The molecule has 2 atom stereocenters. The van der Waals surface area contributed by atoms with Crippen molar-refractivity contribution in [1.29, 1.82) is 0 Å². The summed E-state index contributed by atoms with van der Waals surface area (Å²) in [6.45, 7) is 5.32. The van der Waals surface area contributed by atoms with Crippen molar-refractivity contribution in [3.05, 3.63) is 0 Å². The van der Waals surface area contributed by atoms with Gasteiger partial charge in [0, 0.05) is 6.04 Å². The molecule has 0 amide bonds. The van der Waals surface area contributed by atoms with E-state index in [1.165, 1.54) is 84.0 Å². The summed E-state index contributed by atoms with van der Waals surface area (Å²) in [6, 6.07) is 0.978. The maximum absolute atomic E-state index is 3.47. The second-order valence-electron chi connectivity index (χ2n) is 6.77. The minimum absolute atomic E-state index is 0.978. The Labute approximate surface area is 113 Å². The van der Waals surface area contributed by atoms with Crippen molar-refractivity contribution in [3.63, 3.8) is 0 Å². The Hall–Kier alpha value is -0.0800. The second-order valence-corrected chi connectivity index (χ2v) is 6.77. The number of piperidine rings is 2. The molecule has 0 aromatic heterocycles. The van der Waals surface area contributed by atoms with Crippen molar-refractivity contribution in [3.8, 4) is 0 Å². The highest BCUT2D eigenvalue weighted by atomic mass is 15.2. The number of likely N-dealkylation sites (tertiary alicyclic amines) is 1. The minimum Gasteiger partial charge on any atom is -0.317 e. The van der Waals surface area contributed by atoms with Crippen molar-refractivity contribution in [2.24, 2.45) is 11.8 Å². The molecule has 3 fully saturated rings. The van der Waals surface area contributed by atoms with Crippen LogP contribution in [0, 0.1) is 11.8 Å². The quantitative estimate of drug-likeness (QED) is 0.825. The van der Waals surface area contributed by atoms with Gasteiger partial charge in [-0.25, -0.2) is 0 Å². The van der Waals surface area contributed by atoms with Crippen LogP contribution in [0.2, 0.25) is 0 Å². The van der Waals surface area contributed by atoms with Crippen molar-refractivity contribution in [1.82, 2.24) is 10.2 Å². The first-order chi connectivity index (χ1) is 8.93. The fourth-order valence-electron chi connectivity index (χ4n) is 4.59. The first-order valence-corrected chi connectivity index (χ1v) is 8.38. The smallest absolute Gasteiger partial charge is 0.0123 e. The van der Waals surface area contributed by atoms with Crippen molar-refractivity contribution in [2.75, 3.05) is 26.2 Å². The highest BCUT2D eigenvalue weighted by Gasteiger charge is 2.34. The number of nitrogens with zero attached hydrogens (tertiary/aromatic N) is 1. The maximum atomic E-state index is 3.47. The van der Waals surface area contributed by atoms with E-state index in [9.17, 15) is 0 Å². The highest BCUT2D eigenvalue weighted by molar-refractivity contribution is 4.89. The molecule has 2 heterocycles. The van der Waals surface area contributed by atoms with Gasteiger partial charge in [-0.05, 0) is 89.4 Å². The third kappa shape index (κ3) is 3.08. The van der Waals surface area contributed by atoms with Crippen LogP contribution in [0.5, 0.6) is 0 Å². The van der Waals surface area contributed by atoms with Gasteiger partial charge in [0.15, 0.2) is 0 Å². The zero-order valence-corrected chi connectivity index (χ0v) is 11.9.